The lowest BCUT2D eigenvalue weighted by molar-refractivity contribution is 0.0764. The number of carbonyl (C=O) groups is 1. The van der Waals surface area contributed by atoms with Crippen molar-refractivity contribution in [1.82, 2.24) is 19.9 Å². The summed E-state index contributed by atoms with van der Waals surface area (Å²) in [6, 6.07) is 0. The van der Waals surface area contributed by atoms with Crippen LogP contribution in [0.3, 0.4) is 0 Å². The Morgan fingerprint density at radius 2 is 2.17 bits per heavy atom. The van der Waals surface area contributed by atoms with Crippen molar-refractivity contribution in [2.24, 2.45) is 5.92 Å². The highest BCUT2D eigenvalue weighted by Gasteiger charge is 2.24. The number of nitrogens with zero attached hydrogens (tertiary/aromatic N) is 4. The maximum atomic E-state index is 12.6. The summed E-state index contributed by atoms with van der Waals surface area (Å²) >= 11 is 1.43. The topological polar surface area (TPSA) is 85.0 Å². The molecule has 1 aliphatic rings. The van der Waals surface area contributed by atoms with E-state index in [1.54, 1.807) is 17.9 Å². The van der Waals surface area contributed by atoms with Crippen molar-refractivity contribution in [2.45, 2.75) is 32.6 Å². The molecule has 1 fully saturated rings. The average Bonchev–Trinajstić information content (AvgIpc) is 2.84. The van der Waals surface area contributed by atoms with E-state index < -0.39 is 0 Å². The summed E-state index contributed by atoms with van der Waals surface area (Å²) < 4.78 is 0. The second-order valence-corrected chi connectivity index (χ2v) is 6.85. The summed E-state index contributed by atoms with van der Waals surface area (Å²) in [5.74, 6) is 1.11. The van der Waals surface area contributed by atoms with E-state index in [4.69, 9.17) is 5.73 Å². The number of hydrogen-bond donors (Lipinski definition) is 1. The van der Waals surface area contributed by atoms with Gasteiger partial charge in [0, 0.05) is 13.1 Å². The quantitative estimate of drug-likeness (QED) is 0.933. The van der Waals surface area contributed by atoms with Gasteiger partial charge in [-0.3, -0.25) is 9.78 Å². The van der Waals surface area contributed by atoms with Crippen LogP contribution in [-0.4, -0.2) is 38.8 Å². The number of hydrogen-bond acceptors (Lipinski definition) is 6. The third-order valence-corrected chi connectivity index (χ3v) is 5.21. The van der Waals surface area contributed by atoms with Gasteiger partial charge in [0.05, 0.1) is 29.3 Å². The van der Waals surface area contributed by atoms with Crippen LogP contribution < -0.4 is 5.73 Å². The number of aromatic nitrogens is 3. The SMILES string of the molecule is Cc1ncsc1C(=O)N1CCC[C@@H](Cc2cnc(N)cn2)CC1. The number of likely N-dealkylation sites (tertiary alicyclic amines) is 1. The third kappa shape index (κ3) is 3.85. The Morgan fingerprint density at radius 3 is 2.87 bits per heavy atom. The van der Waals surface area contributed by atoms with E-state index in [1.165, 1.54) is 11.3 Å². The molecule has 1 saturated heterocycles. The molecule has 0 aliphatic carbocycles. The van der Waals surface area contributed by atoms with Gasteiger partial charge < -0.3 is 10.6 Å². The van der Waals surface area contributed by atoms with E-state index in [-0.39, 0.29) is 5.91 Å². The van der Waals surface area contributed by atoms with Crippen molar-refractivity contribution in [3.05, 3.63) is 34.2 Å². The Morgan fingerprint density at radius 1 is 1.30 bits per heavy atom. The highest BCUT2D eigenvalue weighted by atomic mass is 32.1. The molecule has 7 heteroatoms. The Bertz CT molecular complexity index is 669. The van der Waals surface area contributed by atoms with E-state index in [1.807, 2.05) is 11.8 Å². The van der Waals surface area contributed by atoms with Crippen molar-refractivity contribution >= 4 is 23.1 Å². The van der Waals surface area contributed by atoms with E-state index in [0.717, 1.165) is 55.0 Å². The molecule has 0 saturated carbocycles. The maximum absolute atomic E-state index is 12.6. The predicted molar refractivity (Wildman–Crippen MR) is 90.2 cm³/mol. The lowest BCUT2D eigenvalue weighted by atomic mass is 9.95. The number of aryl methyl sites for hydroxylation is 1. The number of amides is 1. The minimum absolute atomic E-state index is 0.123. The van der Waals surface area contributed by atoms with Gasteiger partial charge in [0.15, 0.2) is 0 Å². The monoisotopic (exact) mass is 331 g/mol. The molecule has 2 aromatic heterocycles. The van der Waals surface area contributed by atoms with Gasteiger partial charge in [-0.2, -0.15) is 0 Å². The molecule has 1 aliphatic heterocycles. The smallest absolute Gasteiger partial charge is 0.265 e. The summed E-state index contributed by atoms with van der Waals surface area (Å²) in [7, 11) is 0. The fourth-order valence-electron chi connectivity index (χ4n) is 2.99. The molecule has 0 spiro atoms. The first kappa shape index (κ1) is 15.9. The van der Waals surface area contributed by atoms with Gasteiger partial charge in [-0.25, -0.2) is 9.97 Å². The number of rotatable bonds is 3. The first-order valence-electron chi connectivity index (χ1n) is 7.89. The summed E-state index contributed by atoms with van der Waals surface area (Å²) in [6.45, 7) is 3.51. The number of anilines is 1. The van der Waals surface area contributed by atoms with Gasteiger partial charge >= 0.3 is 0 Å². The molecule has 1 amide bonds. The molecule has 0 radical (unpaired) electrons. The normalized spacial score (nSPS) is 18.7. The van der Waals surface area contributed by atoms with Crippen LogP contribution in [0.5, 0.6) is 0 Å². The van der Waals surface area contributed by atoms with Crippen molar-refractivity contribution in [1.29, 1.82) is 0 Å². The second-order valence-electron chi connectivity index (χ2n) is 5.99. The predicted octanol–water partition coefficient (Wildman–Crippen LogP) is 2.31. The molecule has 3 heterocycles. The molecular weight excluding hydrogens is 310 g/mol. The standard InChI is InChI=1S/C16H21N5OS/c1-11-15(23-10-20-11)16(22)21-5-2-3-12(4-6-21)7-13-8-19-14(17)9-18-13/h8-10,12H,2-7H2,1H3,(H2,17,19)/t12-/m1/s1. The zero-order valence-electron chi connectivity index (χ0n) is 13.2. The van der Waals surface area contributed by atoms with Crippen molar-refractivity contribution < 1.29 is 4.79 Å². The largest absolute Gasteiger partial charge is 0.382 e. The van der Waals surface area contributed by atoms with E-state index >= 15 is 0 Å². The van der Waals surface area contributed by atoms with Crippen LogP contribution >= 0.6 is 11.3 Å². The van der Waals surface area contributed by atoms with Gasteiger partial charge in [-0.05, 0) is 38.5 Å². The summed E-state index contributed by atoms with van der Waals surface area (Å²) in [4.78, 5) is 27.9. The first-order valence-corrected chi connectivity index (χ1v) is 8.77. The zero-order chi connectivity index (χ0) is 16.2. The van der Waals surface area contributed by atoms with Gasteiger partial charge in [-0.1, -0.05) is 0 Å². The van der Waals surface area contributed by atoms with Crippen LogP contribution in [0.1, 0.15) is 40.3 Å². The molecule has 0 aromatic carbocycles. The fraction of sp³-hybridized carbons (Fsp3) is 0.500. The number of nitrogen functional groups attached to an aromatic ring is 1. The van der Waals surface area contributed by atoms with Gasteiger partial charge in [0.2, 0.25) is 0 Å². The van der Waals surface area contributed by atoms with Gasteiger partial charge in [0.1, 0.15) is 10.7 Å². The van der Waals surface area contributed by atoms with Crippen LogP contribution in [0.25, 0.3) is 0 Å². The molecule has 6 nitrogen and oxygen atoms in total. The second kappa shape index (κ2) is 7.04. The van der Waals surface area contributed by atoms with E-state index in [0.29, 0.717) is 11.7 Å². The van der Waals surface area contributed by atoms with Gasteiger partial charge in [0.25, 0.3) is 5.91 Å². The van der Waals surface area contributed by atoms with Crippen molar-refractivity contribution in [3.63, 3.8) is 0 Å². The van der Waals surface area contributed by atoms with Crippen LogP contribution in [0, 0.1) is 12.8 Å². The summed E-state index contributed by atoms with van der Waals surface area (Å²) in [6.07, 6.45) is 7.39. The number of carbonyl (C=O) groups excluding carboxylic acids is 1. The molecule has 23 heavy (non-hydrogen) atoms. The lowest BCUT2D eigenvalue weighted by Gasteiger charge is -2.20. The maximum Gasteiger partial charge on any atom is 0.265 e. The highest BCUT2D eigenvalue weighted by Crippen LogP contribution is 2.23. The molecule has 2 aromatic rings. The molecule has 3 rings (SSSR count). The zero-order valence-corrected chi connectivity index (χ0v) is 14.1. The van der Waals surface area contributed by atoms with Crippen molar-refractivity contribution in [3.8, 4) is 0 Å². The van der Waals surface area contributed by atoms with Crippen LogP contribution in [0.15, 0.2) is 17.9 Å². The van der Waals surface area contributed by atoms with Crippen LogP contribution in [0.2, 0.25) is 0 Å². The van der Waals surface area contributed by atoms with Gasteiger partial charge in [-0.15, -0.1) is 11.3 Å². The lowest BCUT2D eigenvalue weighted by Crippen LogP contribution is -2.32. The third-order valence-electron chi connectivity index (χ3n) is 4.30. The molecule has 0 bridgehead atoms. The van der Waals surface area contributed by atoms with Crippen molar-refractivity contribution in [2.75, 3.05) is 18.8 Å². The minimum atomic E-state index is 0.123. The Balaban J connectivity index is 1.60. The Hall–Kier alpha value is -2.02. The number of nitrogens with two attached hydrogens (primary N) is 1. The average molecular weight is 331 g/mol. The Kier molecular flexibility index (Phi) is 4.85. The molecule has 1 atom stereocenters. The summed E-state index contributed by atoms with van der Waals surface area (Å²) in [5, 5.41) is 0. The fourth-order valence-corrected chi connectivity index (χ4v) is 3.76. The minimum Gasteiger partial charge on any atom is -0.382 e. The highest BCUT2D eigenvalue weighted by molar-refractivity contribution is 7.11. The molecule has 122 valence electrons. The van der Waals surface area contributed by atoms with E-state index in [2.05, 4.69) is 15.0 Å². The molecule has 2 N–H and O–H groups in total. The molecule has 0 unspecified atom stereocenters. The van der Waals surface area contributed by atoms with Crippen LogP contribution in [0.4, 0.5) is 5.82 Å². The molecular formula is C16H21N5OS. The van der Waals surface area contributed by atoms with Crippen LogP contribution in [-0.2, 0) is 6.42 Å². The Labute approximate surface area is 139 Å². The summed E-state index contributed by atoms with van der Waals surface area (Å²) in [5.41, 5.74) is 9.12. The first-order chi connectivity index (χ1) is 11.1. The van der Waals surface area contributed by atoms with E-state index in [9.17, 15) is 4.79 Å². The number of thiazole rings is 1.